The number of carbonyl (C=O) groups is 1. The molecule has 0 bridgehead atoms. The monoisotopic (exact) mass is 423 g/mol. The zero-order valence-corrected chi connectivity index (χ0v) is 14.0. The van der Waals surface area contributed by atoms with Crippen molar-refractivity contribution in [2.45, 2.75) is 37.6 Å². The molecule has 1 aromatic rings. The van der Waals surface area contributed by atoms with Gasteiger partial charge < -0.3 is 30.1 Å². The number of ether oxygens (including phenoxy) is 2. The highest BCUT2D eigenvalue weighted by molar-refractivity contribution is 14.1. The number of benzene rings is 1. The van der Waals surface area contributed by atoms with Gasteiger partial charge in [0.1, 0.15) is 30.1 Å². The normalized spacial score (nSPS) is 31.6. The van der Waals surface area contributed by atoms with Crippen LogP contribution in [0.2, 0.25) is 0 Å². The number of halogens is 1. The van der Waals surface area contributed by atoms with Crippen molar-refractivity contribution in [3.8, 4) is 5.75 Å². The van der Waals surface area contributed by atoms with Crippen molar-refractivity contribution < 1.29 is 29.6 Å². The fraction of sp³-hybridized carbons (Fsp3) is 0.500. The van der Waals surface area contributed by atoms with Crippen LogP contribution in [0.25, 0.3) is 0 Å². The molecule has 2 rings (SSSR count). The van der Waals surface area contributed by atoms with Gasteiger partial charge in [-0.25, -0.2) is 0 Å². The highest BCUT2D eigenvalue weighted by Crippen LogP contribution is 2.24. The lowest BCUT2D eigenvalue weighted by Gasteiger charge is -2.42. The Kier molecular flexibility index (Phi) is 5.98. The molecule has 1 saturated heterocycles. The summed E-state index contributed by atoms with van der Waals surface area (Å²) in [6, 6.07) is 6.17. The van der Waals surface area contributed by atoms with Crippen molar-refractivity contribution >= 4 is 28.5 Å². The third-order valence-electron chi connectivity index (χ3n) is 3.32. The molecular formula is C14H18INO6. The minimum absolute atomic E-state index is 0.390. The summed E-state index contributed by atoms with van der Waals surface area (Å²) in [7, 11) is 0. The van der Waals surface area contributed by atoms with E-state index < -0.39 is 43.2 Å². The summed E-state index contributed by atoms with van der Waals surface area (Å²) in [5.41, 5.74) is 0. The smallest absolute Gasteiger partial charge is 0.223 e. The Morgan fingerprint density at radius 3 is 2.50 bits per heavy atom. The Bertz CT molecular complexity index is 511. The Balaban J connectivity index is 2.18. The molecule has 1 aromatic carbocycles. The maximum absolute atomic E-state index is 11.3. The second-order valence-corrected chi connectivity index (χ2v) is 6.25. The van der Waals surface area contributed by atoms with Gasteiger partial charge >= 0.3 is 0 Å². The summed E-state index contributed by atoms with van der Waals surface area (Å²) in [4.78, 5) is 11.3. The Morgan fingerprint density at radius 1 is 1.32 bits per heavy atom. The Hall–Kier alpha value is -0.940. The average Bonchev–Trinajstić information content (AvgIpc) is 2.48. The summed E-state index contributed by atoms with van der Waals surface area (Å²) >= 11 is 2.15. The van der Waals surface area contributed by atoms with Crippen LogP contribution in [0.4, 0.5) is 0 Å². The molecule has 1 fully saturated rings. The van der Waals surface area contributed by atoms with Gasteiger partial charge in [-0.2, -0.15) is 0 Å². The molecule has 0 aromatic heterocycles. The fourth-order valence-corrected chi connectivity index (χ4v) is 2.58. The van der Waals surface area contributed by atoms with Gasteiger partial charge in [0, 0.05) is 10.5 Å². The van der Waals surface area contributed by atoms with E-state index in [0.29, 0.717) is 5.75 Å². The molecule has 4 N–H and O–H groups in total. The molecular weight excluding hydrogens is 405 g/mol. The zero-order chi connectivity index (χ0) is 16.3. The lowest BCUT2D eigenvalue weighted by atomic mass is 9.97. The SMILES string of the molecule is CC(=O)N[C@@H]1[C@H](Oc2ccc(I)cc2)O[C@H](CO)[C@@H](O)[C@H]1O. The van der Waals surface area contributed by atoms with Crippen LogP contribution < -0.4 is 10.1 Å². The molecule has 0 unspecified atom stereocenters. The summed E-state index contributed by atoms with van der Waals surface area (Å²) < 4.78 is 12.1. The molecule has 1 amide bonds. The highest BCUT2D eigenvalue weighted by atomic mass is 127. The van der Waals surface area contributed by atoms with Crippen molar-refractivity contribution in [1.29, 1.82) is 0 Å². The molecule has 0 radical (unpaired) electrons. The first-order chi connectivity index (χ1) is 10.4. The number of carbonyl (C=O) groups excluding carboxylic acids is 1. The first-order valence-corrected chi connectivity index (χ1v) is 7.82. The predicted molar refractivity (Wildman–Crippen MR) is 85.2 cm³/mol. The largest absolute Gasteiger partial charge is 0.463 e. The molecule has 1 aliphatic rings. The summed E-state index contributed by atoms with van der Waals surface area (Å²) in [6.45, 7) is 0.816. The molecule has 0 aliphatic carbocycles. The molecule has 122 valence electrons. The van der Waals surface area contributed by atoms with Crippen molar-refractivity contribution in [2.24, 2.45) is 0 Å². The second-order valence-electron chi connectivity index (χ2n) is 5.00. The number of aliphatic hydroxyl groups is 3. The third-order valence-corrected chi connectivity index (χ3v) is 4.04. The van der Waals surface area contributed by atoms with Crippen molar-refractivity contribution in [3.63, 3.8) is 0 Å². The number of hydrogen-bond acceptors (Lipinski definition) is 6. The van der Waals surface area contributed by atoms with Crippen LogP contribution in [0.3, 0.4) is 0 Å². The second kappa shape index (κ2) is 7.55. The van der Waals surface area contributed by atoms with Crippen LogP contribution in [0.1, 0.15) is 6.92 Å². The van der Waals surface area contributed by atoms with Gasteiger partial charge in [-0.3, -0.25) is 4.79 Å². The van der Waals surface area contributed by atoms with E-state index in [4.69, 9.17) is 9.47 Å². The van der Waals surface area contributed by atoms with E-state index in [0.717, 1.165) is 3.57 Å². The summed E-state index contributed by atoms with van der Waals surface area (Å²) in [5.74, 6) is 0.0968. The minimum atomic E-state index is -1.32. The lowest BCUT2D eigenvalue weighted by Crippen LogP contribution is -2.65. The van der Waals surface area contributed by atoms with Crippen LogP contribution in [-0.4, -0.2) is 58.5 Å². The van der Waals surface area contributed by atoms with E-state index in [-0.39, 0.29) is 0 Å². The summed E-state index contributed by atoms with van der Waals surface area (Å²) in [5, 5.41) is 31.8. The molecule has 7 nitrogen and oxygen atoms in total. The van der Waals surface area contributed by atoms with Crippen LogP contribution in [0.5, 0.6) is 5.75 Å². The minimum Gasteiger partial charge on any atom is -0.463 e. The van der Waals surface area contributed by atoms with E-state index in [1.165, 1.54) is 6.92 Å². The topological polar surface area (TPSA) is 108 Å². The van der Waals surface area contributed by atoms with Gasteiger partial charge in [0.25, 0.3) is 0 Å². The maximum atomic E-state index is 11.3. The van der Waals surface area contributed by atoms with Crippen LogP contribution in [0.15, 0.2) is 24.3 Å². The van der Waals surface area contributed by atoms with E-state index in [2.05, 4.69) is 27.9 Å². The van der Waals surface area contributed by atoms with E-state index in [9.17, 15) is 20.1 Å². The quantitative estimate of drug-likeness (QED) is 0.492. The molecule has 5 atom stereocenters. The molecule has 1 aliphatic heterocycles. The van der Waals surface area contributed by atoms with Crippen molar-refractivity contribution in [1.82, 2.24) is 5.32 Å². The number of aliphatic hydroxyl groups excluding tert-OH is 3. The van der Waals surface area contributed by atoms with Gasteiger partial charge in [0.05, 0.1) is 6.61 Å². The Morgan fingerprint density at radius 2 is 1.95 bits per heavy atom. The van der Waals surface area contributed by atoms with Gasteiger partial charge in [-0.05, 0) is 46.9 Å². The first kappa shape index (κ1) is 17.4. The third kappa shape index (κ3) is 4.07. The van der Waals surface area contributed by atoms with Crippen molar-refractivity contribution in [3.05, 3.63) is 27.8 Å². The van der Waals surface area contributed by atoms with Gasteiger partial charge in [0.2, 0.25) is 12.2 Å². The Labute approximate surface area is 141 Å². The summed E-state index contributed by atoms with van der Waals surface area (Å²) in [6.07, 6.45) is -4.66. The van der Waals surface area contributed by atoms with Crippen LogP contribution in [0, 0.1) is 3.57 Å². The van der Waals surface area contributed by atoms with E-state index in [1.54, 1.807) is 12.1 Å². The van der Waals surface area contributed by atoms with Crippen LogP contribution in [-0.2, 0) is 9.53 Å². The molecule has 0 spiro atoms. The van der Waals surface area contributed by atoms with Gasteiger partial charge in [-0.1, -0.05) is 0 Å². The number of hydrogen-bond donors (Lipinski definition) is 4. The standard InChI is InChI=1S/C14H18INO6/c1-7(18)16-11-13(20)12(19)10(6-17)22-14(11)21-9-4-2-8(15)3-5-9/h2-5,10-14,17,19-20H,6H2,1H3,(H,16,18)/t10-,11+,12-,13+,14-/m1/s1. The molecule has 8 heteroatoms. The lowest BCUT2D eigenvalue weighted by molar-refractivity contribution is -0.244. The number of amides is 1. The highest BCUT2D eigenvalue weighted by Gasteiger charge is 2.46. The number of nitrogens with one attached hydrogen (secondary N) is 1. The predicted octanol–water partition coefficient (Wildman–Crippen LogP) is -0.386. The zero-order valence-electron chi connectivity index (χ0n) is 11.8. The first-order valence-electron chi connectivity index (χ1n) is 6.74. The molecule has 22 heavy (non-hydrogen) atoms. The maximum Gasteiger partial charge on any atom is 0.223 e. The van der Waals surface area contributed by atoms with Gasteiger partial charge in [0.15, 0.2) is 0 Å². The fourth-order valence-electron chi connectivity index (χ4n) is 2.22. The molecule has 1 heterocycles. The molecule has 0 saturated carbocycles. The van der Waals surface area contributed by atoms with Gasteiger partial charge in [-0.15, -0.1) is 0 Å². The van der Waals surface area contributed by atoms with Crippen LogP contribution >= 0.6 is 22.6 Å². The number of rotatable bonds is 4. The average molecular weight is 423 g/mol. The van der Waals surface area contributed by atoms with E-state index >= 15 is 0 Å². The van der Waals surface area contributed by atoms with E-state index in [1.807, 2.05) is 12.1 Å². The van der Waals surface area contributed by atoms with Crippen molar-refractivity contribution in [2.75, 3.05) is 6.61 Å².